The van der Waals surface area contributed by atoms with Crippen molar-refractivity contribution >= 4 is 43.6 Å². The van der Waals surface area contributed by atoms with Gasteiger partial charge >= 0.3 is 0 Å². The van der Waals surface area contributed by atoms with Crippen molar-refractivity contribution in [3.05, 3.63) is 99.7 Å². The summed E-state index contributed by atoms with van der Waals surface area (Å²) in [5, 5.41) is 0.791. The maximum atomic E-state index is 13.7. The van der Waals surface area contributed by atoms with Crippen LogP contribution in [0.5, 0.6) is 5.75 Å². The van der Waals surface area contributed by atoms with Crippen LogP contribution in [0.3, 0.4) is 0 Å². The number of rotatable bonds is 3. The van der Waals surface area contributed by atoms with E-state index in [0.29, 0.717) is 32.9 Å². The van der Waals surface area contributed by atoms with Crippen LogP contribution in [-0.4, -0.2) is 18.0 Å². The fraction of sp³-hybridized carbons (Fsp3) is 0.0800. The van der Waals surface area contributed by atoms with Crippen LogP contribution in [0.2, 0.25) is 0 Å². The molecule has 0 spiro atoms. The Labute approximate surface area is 190 Å². The monoisotopic (exact) mass is 458 g/mol. The lowest BCUT2D eigenvalue weighted by molar-refractivity contribution is 0.0971. The Morgan fingerprint density at radius 1 is 1.06 bits per heavy atom. The minimum Gasteiger partial charge on any atom is -0.497 e. The third-order valence-electron chi connectivity index (χ3n) is 5.75. The van der Waals surface area contributed by atoms with Crippen LogP contribution in [0.15, 0.2) is 75.9 Å². The van der Waals surface area contributed by atoms with E-state index in [1.165, 1.54) is 28.4 Å². The Hall–Kier alpha value is -4.04. The summed E-state index contributed by atoms with van der Waals surface area (Å²) in [7, 11) is 1.58. The van der Waals surface area contributed by atoms with Crippen molar-refractivity contribution in [1.82, 2.24) is 4.98 Å². The molecular weight excluding hydrogens is 443 g/mol. The molecule has 1 aliphatic rings. The van der Waals surface area contributed by atoms with Crippen LogP contribution in [-0.2, 0) is 0 Å². The highest BCUT2D eigenvalue weighted by Gasteiger charge is 2.45. The summed E-state index contributed by atoms with van der Waals surface area (Å²) in [6.07, 6.45) is 0. The summed E-state index contributed by atoms with van der Waals surface area (Å²) in [5.74, 6) is -0.225. The van der Waals surface area contributed by atoms with Crippen LogP contribution in [0.4, 0.5) is 9.52 Å². The molecule has 1 aliphatic heterocycles. The van der Waals surface area contributed by atoms with E-state index in [1.54, 1.807) is 49.6 Å². The average Bonchev–Trinajstić information content (AvgIpc) is 3.38. The molecule has 1 atom stereocenters. The Morgan fingerprint density at radius 2 is 1.85 bits per heavy atom. The van der Waals surface area contributed by atoms with E-state index in [1.807, 2.05) is 12.1 Å². The number of methoxy groups -OCH3 is 1. The predicted octanol–water partition coefficient (Wildman–Crippen LogP) is 5.30. The van der Waals surface area contributed by atoms with Gasteiger partial charge in [0.1, 0.15) is 17.1 Å². The maximum Gasteiger partial charge on any atom is 0.297 e. The zero-order valence-corrected chi connectivity index (χ0v) is 18.1. The van der Waals surface area contributed by atoms with Gasteiger partial charge in [-0.1, -0.05) is 35.6 Å². The molecule has 3 heterocycles. The number of carbonyl (C=O) groups excluding carboxylic acids is 1. The molecule has 1 unspecified atom stereocenters. The van der Waals surface area contributed by atoms with E-state index >= 15 is 0 Å². The number of ether oxygens (including phenoxy) is 1. The number of halogens is 1. The summed E-state index contributed by atoms with van der Waals surface area (Å²) in [6, 6.07) is 17.2. The largest absolute Gasteiger partial charge is 0.497 e. The smallest absolute Gasteiger partial charge is 0.297 e. The number of hydrogen-bond donors (Lipinski definition) is 0. The molecule has 1 amide bonds. The van der Waals surface area contributed by atoms with Crippen molar-refractivity contribution in [3.63, 3.8) is 0 Å². The molecule has 33 heavy (non-hydrogen) atoms. The van der Waals surface area contributed by atoms with E-state index in [-0.39, 0.29) is 16.8 Å². The van der Waals surface area contributed by atoms with Gasteiger partial charge in [0.2, 0.25) is 5.76 Å². The van der Waals surface area contributed by atoms with Crippen molar-refractivity contribution in [2.24, 2.45) is 0 Å². The van der Waals surface area contributed by atoms with E-state index < -0.39 is 17.8 Å². The number of anilines is 1. The van der Waals surface area contributed by atoms with Gasteiger partial charge in [0.25, 0.3) is 5.91 Å². The van der Waals surface area contributed by atoms with Crippen LogP contribution >= 0.6 is 11.3 Å². The fourth-order valence-electron chi connectivity index (χ4n) is 4.20. The minimum absolute atomic E-state index is 0.0233. The molecule has 5 aromatic rings. The van der Waals surface area contributed by atoms with Crippen molar-refractivity contribution in [2.45, 2.75) is 6.04 Å². The van der Waals surface area contributed by atoms with Gasteiger partial charge in [-0.05, 0) is 48.0 Å². The number of para-hydroxylation sites is 1. The van der Waals surface area contributed by atoms with Gasteiger partial charge in [0, 0.05) is 0 Å². The van der Waals surface area contributed by atoms with E-state index in [2.05, 4.69) is 4.98 Å². The first-order chi connectivity index (χ1) is 16.0. The standard InChI is InChI=1S/C25H15FN2O4S/c1-31-15-10-11-17-19(12-15)33-25(27-17)28-21(13-6-8-14(26)9-7-13)20-22(29)16-4-2-3-5-18(16)32-23(20)24(28)30/h2-12,21H,1H3. The van der Waals surface area contributed by atoms with Gasteiger partial charge < -0.3 is 9.15 Å². The summed E-state index contributed by atoms with van der Waals surface area (Å²) in [5.41, 5.74) is 1.55. The first kappa shape index (κ1) is 19.6. The van der Waals surface area contributed by atoms with Crippen LogP contribution in [0, 0.1) is 5.82 Å². The molecule has 162 valence electrons. The number of carbonyl (C=O) groups is 1. The second kappa shape index (κ2) is 7.25. The second-order valence-electron chi connectivity index (χ2n) is 7.63. The highest BCUT2D eigenvalue weighted by molar-refractivity contribution is 7.22. The highest BCUT2D eigenvalue weighted by atomic mass is 32.1. The molecule has 0 saturated heterocycles. The van der Waals surface area contributed by atoms with Gasteiger partial charge in [-0.3, -0.25) is 14.5 Å². The number of benzene rings is 3. The SMILES string of the molecule is COc1ccc2nc(N3C(=O)c4oc5ccccc5c(=O)c4C3c3ccc(F)cc3)sc2c1. The van der Waals surface area contributed by atoms with Gasteiger partial charge in [-0.15, -0.1) is 0 Å². The zero-order valence-electron chi connectivity index (χ0n) is 17.2. The Kier molecular flexibility index (Phi) is 4.31. The average molecular weight is 458 g/mol. The zero-order chi connectivity index (χ0) is 22.7. The van der Waals surface area contributed by atoms with Crippen LogP contribution in [0.1, 0.15) is 27.7 Å². The molecule has 0 fully saturated rings. The third kappa shape index (κ3) is 2.95. The van der Waals surface area contributed by atoms with E-state index in [9.17, 15) is 14.0 Å². The molecule has 0 bridgehead atoms. The highest BCUT2D eigenvalue weighted by Crippen LogP contribution is 2.44. The molecule has 6 nitrogen and oxygen atoms in total. The van der Waals surface area contributed by atoms with Crippen molar-refractivity contribution < 1.29 is 18.3 Å². The van der Waals surface area contributed by atoms with Crippen molar-refractivity contribution in [3.8, 4) is 5.75 Å². The Morgan fingerprint density at radius 3 is 2.64 bits per heavy atom. The molecule has 0 aliphatic carbocycles. The van der Waals surface area contributed by atoms with Gasteiger partial charge in [0.05, 0.1) is 34.3 Å². The number of nitrogens with zero attached hydrogens (tertiary/aromatic N) is 2. The van der Waals surface area contributed by atoms with Crippen LogP contribution in [0.25, 0.3) is 21.2 Å². The molecule has 0 saturated carbocycles. The Balaban J connectivity index is 1.62. The lowest BCUT2D eigenvalue weighted by atomic mass is 9.99. The topological polar surface area (TPSA) is 72.6 Å². The van der Waals surface area contributed by atoms with E-state index in [0.717, 1.165) is 4.70 Å². The number of hydrogen-bond acceptors (Lipinski definition) is 6. The molecule has 0 radical (unpaired) electrons. The third-order valence-corrected chi connectivity index (χ3v) is 6.77. The predicted molar refractivity (Wildman–Crippen MR) is 124 cm³/mol. The maximum absolute atomic E-state index is 13.7. The molecular formula is C25H15FN2O4S. The summed E-state index contributed by atoms with van der Waals surface area (Å²) in [4.78, 5) is 33.2. The quantitative estimate of drug-likeness (QED) is 0.367. The molecule has 2 aromatic heterocycles. The first-order valence-electron chi connectivity index (χ1n) is 10.1. The number of aromatic nitrogens is 1. The lowest BCUT2D eigenvalue weighted by Crippen LogP contribution is -2.29. The lowest BCUT2D eigenvalue weighted by Gasteiger charge is -2.22. The number of thiazole rings is 1. The van der Waals surface area contributed by atoms with E-state index in [4.69, 9.17) is 9.15 Å². The minimum atomic E-state index is -0.795. The molecule has 6 rings (SSSR count). The molecule has 3 aromatic carbocycles. The van der Waals surface area contributed by atoms with Crippen molar-refractivity contribution in [2.75, 3.05) is 12.0 Å². The van der Waals surface area contributed by atoms with Gasteiger partial charge in [0.15, 0.2) is 10.6 Å². The Bertz CT molecular complexity index is 1620. The van der Waals surface area contributed by atoms with Gasteiger partial charge in [-0.2, -0.15) is 0 Å². The van der Waals surface area contributed by atoms with Gasteiger partial charge in [-0.25, -0.2) is 9.37 Å². The summed E-state index contributed by atoms with van der Waals surface area (Å²) >= 11 is 1.31. The second-order valence-corrected chi connectivity index (χ2v) is 8.64. The number of fused-ring (bicyclic) bond motifs is 3. The van der Waals surface area contributed by atoms with Crippen molar-refractivity contribution in [1.29, 1.82) is 0 Å². The molecule has 8 heteroatoms. The van der Waals surface area contributed by atoms with Crippen LogP contribution < -0.4 is 15.1 Å². The molecule has 0 N–H and O–H groups in total. The first-order valence-corrected chi connectivity index (χ1v) is 11.0. The fourth-order valence-corrected chi connectivity index (χ4v) is 5.22. The summed E-state index contributed by atoms with van der Waals surface area (Å²) < 4.78 is 25.7. The summed E-state index contributed by atoms with van der Waals surface area (Å²) in [6.45, 7) is 0. The number of amides is 1. The normalized spacial score (nSPS) is 15.4.